The number of aromatic nitrogens is 2. The van der Waals surface area contributed by atoms with Crippen molar-refractivity contribution < 1.29 is 0 Å². The standard InChI is InChI=1S/C20H19N5O/c26-19-17-18(21-12-11-16(23-17)15-9-5-2-6-10-15)24-20(25-19)22-13-14-7-3-1-4-8-14/h1-10H,11-13H2,(H3,21,22,24,25,26). The first kappa shape index (κ1) is 16.1. The minimum absolute atomic E-state index is 0.256. The number of fused-ring (bicyclic) bond motifs is 1. The van der Waals surface area contributed by atoms with Crippen molar-refractivity contribution in [3.05, 3.63) is 82.1 Å². The molecule has 0 saturated carbocycles. The number of anilines is 2. The number of aliphatic imine (C=N–C) groups is 1. The Morgan fingerprint density at radius 3 is 2.50 bits per heavy atom. The maximum Gasteiger partial charge on any atom is 0.280 e. The number of hydrogen-bond donors (Lipinski definition) is 3. The summed E-state index contributed by atoms with van der Waals surface area (Å²) in [6.07, 6.45) is 0.729. The third-order valence-electron chi connectivity index (χ3n) is 4.21. The van der Waals surface area contributed by atoms with E-state index in [0.717, 1.165) is 23.3 Å². The molecule has 26 heavy (non-hydrogen) atoms. The van der Waals surface area contributed by atoms with Crippen LogP contribution in [0.15, 0.2) is 70.5 Å². The van der Waals surface area contributed by atoms with E-state index in [1.54, 1.807) is 0 Å². The lowest BCUT2D eigenvalue weighted by Gasteiger charge is -2.09. The van der Waals surface area contributed by atoms with Gasteiger partial charge in [-0.1, -0.05) is 60.7 Å². The van der Waals surface area contributed by atoms with Crippen molar-refractivity contribution in [3.8, 4) is 0 Å². The first-order valence-corrected chi connectivity index (χ1v) is 8.58. The van der Waals surface area contributed by atoms with Gasteiger partial charge in [0, 0.05) is 19.5 Å². The molecule has 6 nitrogen and oxygen atoms in total. The Morgan fingerprint density at radius 2 is 1.73 bits per heavy atom. The number of hydrogen-bond acceptors (Lipinski definition) is 5. The Hall–Kier alpha value is -3.41. The molecule has 3 N–H and O–H groups in total. The molecule has 130 valence electrons. The van der Waals surface area contributed by atoms with E-state index in [-0.39, 0.29) is 5.56 Å². The molecule has 0 atom stereocenters. The van der Waals surface area contributed by atoms with E-state index in [9.17, 15) is 4.79 Å². The molecular weight excluding hydrogens is 326 g/mol. The highest BCUT2D eigenvalue weighted by atomic mass is 16.1. The van der Waals surface area contributed by atoms with Gasteiger partial charge >= 0.3 is 0 Å². The maximum atomic E-state index is 12.5. The van der Waals surface area contributed by atoms with Gasteiger partial charge in [0.05, 0.1) is 5.71 Å². The summed E-state index contributed by atoms with van der Waals surface area (Å²) in [4.78, 5) is 24.4. The Morgan fingerprint density at radius 1 is 1.00 bits per heavy atom. The quantitative estimate of drug-likeness (QED) is 0.677. The molecular formula is C20H19N5O. The zero-order valence-electron chi connectivity index (χ0n) is 14.2. The van der Waals surface area contributed by atoms with Crippen LogP contribution in [0.25, 0.3) is 0 Å². The minimum Gasteiger partial charge on any atom is -0.368 e. The largest absolute Gasteiger partial charge is 0.368 e. The normalized spacial score (nSPS) is 13.2. The highest BCUT2D eigenvalue weighted by Crippen LogP contribution is 2.23. The molecule has 0 bridgehead atoms. The van der Waals surface area contributed by atoms with E-state index in [1.165, 1.54) is 0 Å². The number of nitrogens with one attached hydrogen (secondary N) is 3. The Kier molecular flexibility index (Phi) is 4.47. The van der Waals surface area contributed by atoms with Crippen molar-refractivity contribution in [2.75, 3.05) is 17.2 Å². The summed E-state index contributed by atoms with van der Waals surface area (Å²) in [7, 11) is 0. The van der Waals surface area contributed by atoms with Crippen LogP contribution in [0.5, 0.6) is 0 Å². The molecule has 3 aromatic rings. The van der Waals surface area contributed by atoms with Crippen LogP contribution in [0, 0.1) is 0 Å². The first-order chi connectivity index (χ1) is 12.8. The van der Waals surface area contributed by atoms with Crippen molar-refractivity contribution in [2.24, 2.45) is 4.99 Å². The predicted molar refractivity (Wildman–Crippen MR) is 104 cm³/mol. The van der Waals surface area contributed by atoms with Gasteiger partial charge in [0.1, 0.15) is 0 Å². The van der Waals surface area contributed by atoms with Crippen LogP contribution in [0.3, 0.4) is 0 Å². The van der Waals surface area contributed by atoms with E-state index >= 15 is 0 Å². The van der Waals surface area contributed by atoms with Crippen molar-refractivity contribution in [1.29, 1.82) is 0 Å². The summed E-state index contributed by atoms with van der Waals surface area (Å²) < 4.78 is 0. The van der Waals surface area contributed by atoms with E-state index in [4.69, 9.17) is 0 Å². The molecule has 2 aromatic carbocycles. The van der Waals surface area contributed by atoms with Gasteiger partial charge in [-0.3, -0.25) is 9.78 Å². The maximum absolute atomic E-state index is 12.5. The zero-order chi connectivity index (χ0) is 17.8. The van der Waals surface area contributed by atoms with Gasteiger partial charge in [-0.05, 0) is 11.1 Å². The summed E-state index contributed by atoms with van der Waals surface area (Å²) in [5.74, 6) is 0.943. The Bertz CT molecular complexity index is 980. The van der Waals surface area contributed by atoms with Gasteiger partial charge in [-0.25, -0.2) is 4.99 Å². The Labute approximate surface area is 151 Å². The lowest BCUT2D eigenvalue weighted by Crippen LogP contribution is -2.15. The fraction of sp³-hybridized carbons (Fsp3) is 0.150. The second-order valence-electron chi connectivity index (χ2n) is 6.05. The molecule has 0 aliphatic carbocycles. The molecule has 0 spiro atoms. The SMILES string of the molecule is O=c1[nH]c(NCc2ccccc2)nc2c1N=C(c1ccccc1)CCN2. The fourth-order valence-corrected chi connectivity index (χ4v) is 2.89. The third kappa shape index (κ3) is 3.49. The molecule has 0 radical (unpaired) electrons. The van der Waals surface area contributed by atoms with Gasteiger partial charge < -0.3 is 10.6 Å². The highest BCUT2D eigenvalue weighted by Gasteiger charge is 2.16. The average molecular weight is 345 g/mol. The van der Waals surface area contributed by atoms with Crippen LogP contribution < -0.4 is 16.2 Å². The van der Waals surface area contributed by atoms with Crippen LogP contribution in [0.4, 0.5) is 17.5 Å². The monoisotopic (exact) mass is 345 g/mol. The minimum atomic E-state index is -0.256. The fourth-order valence-electron chi connectivity index (χ4n) is 2.89. The van der Waals surface area contributed by atoms with Crippen molar-refractivity contribution in [1.82, 2.24) is 9.97 Å². The molecule has 4 rings (SSSR count). The van der Waals surface area contributed by atoms with E-state index < -0.39 is 0 Å². The summed E-state index contributed by atoms with van der Waals surface area (Å²) in [5, 5.41) is 6.38. The molecule has 6 heteroatoms. The van der Waals surface area contributed by atoms with Crippen LogP contribution in [-0.4, -0.2) is 22.2 Å². The van der Waals surface area contributed by atoms with E-state index in [0.29, 0.717) is 30.5 Å². The molecule has 2 heterocycles. The molecule has 1 aliphatic heterocycles. The lowest BCUT2D eigenvalue weighted by molar-refractivity contribution is 1.02. The van der Waals surface area contributed by atoms with E-state index in [2.05, 4.69) is 25.6 Å². The second kappa shape index (κ2) is 7.23. The highest BCUT2D eigenvalue weighted by molar-refractivity contribution is 6.03. The van der Waals surface area contributed by atoms with Crippen LogP contribution in [0.1, 0.15) is 17.5 Å². The van der Waals surface area contributed by atoms with Crippen molar-refractivity contribution >= 4 is 23.2 Å². The predicted octanol–water partition coefficient (Wildman–Crippen LogP) is 3.32. The number of rotatable bonds is 4. The number of nitrogens with zero attached hydrogens (tertiary/aromatic N) is 2. The molecule has 0 unspecified atom stereocenters. The molecule has 0 fully saturated rings. The first-order valence-electron chi connectivity index (χ1n) is 8.58. The van der Waals surface area contributed by atoms with Crippen molar-refractivity contribution in [3.63, 3.8) is 0 Å². The summed E-state index contributed by atoms with van der Waals surface area (Å²) in [5.41, 5.74) is 3.09. The van der Waals surface area contributed by atoms with Gasteiger partial charge in [0.2, 0.25) is 5.95 Å². The van der Waals surface area contributed by atoms with Gasteiger partial charge in [-0.15, -0.1) is 0 Å². The Balaban J connectivity index is 1.62. The molecule has 1 aromatic heterocycles. The molecule has 1 aliphatic rings. The third-order valence-corrected chi connectivity index (χ3v) is 4.21. The second-order valence-corrected chi connectivity index (χ2v) is 6.05. The van der Waals surface area contributed by atoms with Crippen LogP contribution in [-0.2, 0) is 6.54 Å². The van der Waals surface area contributed by atoms with Crippen LogP contribution in [0.2, 0.25) is 0 Å². The van der Waals surface area contributed by atoms with Gasteiger partial charge in [0.25, 0.3) is 5.56 Å². The zero-order valence-corrected chi connectivity index (χ0v) is 14.2. The van der Waals surface area contributed by atoms with Crippen LogP contribution >= 0.6 is 0 Å². The smallest absolute Gasteiger partial charge is 0.280 e. The van der Waals surface area contributed by atoms with Gasteiger partial charge in [-0.2, -0.15) is 4.98 Å². The average Bonchev–Trinajstić information content (AvgIpc) is 2.91. The topological polar surface area (TPSA) is 82.2 Å². The van der Waals surface area contributed by atoms with E-state index in [1.807, 2.05) is 60.7 Å². The number of H-pyrrole nitrogens is 1. The van der Waals surface area contributed by atoms with Crippen molar-refractivity contribution in [2.45, 2.75) is 13.0 Å². The molecule has 0 saturated heterocycles. The summed E-state index contributed by atoms with van der Waals surface area (Å²) in [6.45, 7) is 1.26. The number of benzene rings is 2. The summed E-state index contributed by atoms with van der Waals surface area (Å²) in [6, 6.07) is 19.9. The van der Waals surface area contributed by atoms with Gasteiger partial charge in [0.15, 0.2) is 11.5 Å². The lowest BCUT2D eigenvalue weighted by atomic mass is 10.1. The number of aromatic amines is 1. The molecule has 0 amide bonds. The summed E-state index contributed by atoms with van der Waals surface area (Å²) >= 11 is 0.